The van der Waals surface area contributed by atoms with Crippen molar-refractivity contribution in [2.24, 2.45) is 0 Å². The topological polar surface area (TPSA) is 54.0 Å². The molecule has 0 aliphatic rings. The number of hydrogen-bond acceptors (Lipinski definition) is 3. The van der Waals surface area contributed by atoms with Gasteiger partial charge in [-0.05, 0) is 31.4 Å². The molecule has 1 rings (SSSR count). The van der Waals surface area contributed by atoms with Crippen molar-refractivity contribution in [1.29, 1.82) is 0 Å². The number of carbonyl (C=O) groups excluding carboxylic acids is 1. The molecule has 0 aromatic carbocycles. The third kappa shape index (κ3) is 6.61. The number of rotatable bonds is 10. The Morgan fingerprint density at radius 3 is 2.52 bits per heavy atom. The van der Waals surface area contributed by atoms with Gasteiger partial charge >= 0.3 is 0 Å². The number of nitrogens with one attached hydrogen (secondary N) is 2. The molecule has 1 heterocycles. The van der Waals surface area contributed by atoms with E-state index in [1.165, 1.54) is 0 Å². The van der Waals surface area contributed by atoms with Crippen LogP contribution in [0.5, 0.6) is 0 Å². The van der Waals surface area contributed by atoms with E-state index in [4.69, 9.17) is 0 Å². The predicted molar refractivity (Wildman–Crippen MR) is 88.7 cm³/mol. The van der Waals surface area contributed by atoms with Gasteiger partial charge in [-0.25, -0.2) is 4.98 Å². The van der Waals surface area contributed by atoms with Gasteiger partial charge in [0.15, 0.2) is 0 Å². The number of anilines is 1. The van der Waals surface area contributed by atoms with Gasteiger partial charge in [0.05, 0.1) is 11.9 Å². The first-order chi connectivity index (χ1) is 10.2. The highest BCUT2D eigenvalue weighted by atomic mass is 16.1. The van der Waals surface area contributed by atoms with Gasteiger partial charge in [0, 0.05) is 12.6 Å². The van der Waals surface area contributed by atoms with Crippen LogP contribution in [0.4, 0.5) is 5.69 Å². The summed E-state index contributed by atoms with van der Waals surface area (Å²) in [5.41, 5.74) is 1.46. The SMILES string of the molecule is CCCCC(CCC)NC(=O)c1ccc(NCCC)cn1. The van der Waals surface area contributed by atoms with Crippen molar-refractivity contribution >= 4 is 11.6 Å². The number of nitrogens with zero attached hydrogens (tertiary/aromatic N) is 1. The summed E-state index contributed by atoms with van der Waals surface area (Å²) in [6.07, 6.45) is 8.27. The zero-order valence-corrected chi connectivity index (χ0v) is 13.6. The second-order valence-electron chi connectivity index (χ2n) is 5.46. The average molecular weight is 291 g/mol. The largest absolute Gasteiger partial charge is 0.384 e. The van der Waals surface area contributed by atoms with Crippen LogP contribution in [0.3, 0.4) is 0 Å². The third-order valence-corrected chi connectivity index (χ3v) is 3.45. The molecular formula is C17H29N3O. The molecule has 118 valence electrons. The molecule has 1 unspecified atom stereocenters. The summed E-state index contributed by atoms with van der Waals surface area (Å²) >= 11 is 0. The Balaban J connectivity index is 2.56. The van der Waals surface area contributed by atoms with Gasteiger partial charge in [-0.2, -0.15) is 0 Å². The number of carbonyl (C=O) groups is 1. The number of unbranched alkanes of at least 4 members (excludes halogenated alkanes) is 1. The zero-order valence-electron chi connectivity index (χ0n) is 13.6. The minimum atomic E-state index is -0.0633. The normalized spacial score (nSPS) is 12.0. The van der Waals surface area contributed by atoms with E-state index >= 15 is 0 Å². The Morgan fingerprint density at radius 1 is 1.14 bits per heavy atom. The standard InChI is InChI=1S/C17H29N3O/c1-4-7-9-14(8-5-2)20-17(21)16-11-10-15(13-19-16)18-12-6-3/h10-11,13-14,18H,4-9,12H2,1-3H3,(H,20,21). The highest BCUT2D eigenvalue weighted by Crippen LogP contribution is 2.10. The Labute approximate surface area is 128 Å². The Kier molecular flexibility index (Phi) is 8.48. The lowest BCUT2D eigenvalue weighted by molar-refractivity contribution is 0.0927. The fraction of sp³-hybridized carbons (Fsp3) is 0.647. The summed E-state index contributed by atoms with van der Waals surface area (Å²) in [5.74, 6) is -0.0633. The molecule has 0 aliphatic heterocycles. The van der Waals surface area contributed by atoms with E-state index in [0.717, 1.165) is 50.8 Å². The molecule has 0 saturated heterocycles. The van der Waals surface area contributed by atoms with Crippen LogP contribution < -0.4 is 10.6 Å². The Morgan fingerprint density at radius 2 is 1.95 bits per heavy atom. The van der Waals surface area contributed by atoms with Gasteiger partial charge in [-0.1, -0.05) is 40.0 Å². The lowest BCUT2D eigenvalue weighted by atomic mass is 10.0. The van der Waals surface area contributed by atoms with Gasteiger partial charge in [0.25, 0.3) is 5.91 Å². The number of amides is 1. The fourth-order valence-electron chi connectivity index (χ4n) is 2.25. The predicted octanol–water partition coefficient (Wildman–Crippen LogP) is 3.99. The van der Waals surface area contributed by atoms with E-state index in [9.17, 15) is 4.79 Å². The van der Waals surface area contributed by atoms with Crippen molar-refractivity contribution in [1.82, 2.24) is 10.3 Å². The van der Waals surface area contributed by atoms with E-state index in [1.54, 1.807) is 12.3 Å². The summed E-state index contributed by atoms with van der Waals surface area (Å²) in [7, 11) is 0. The number of hydrogen-bond donors (Lipinski definition) is 2. The molecule has 4 heteroatoms. The van der Waals surface area contributed by atoms with E-state index in [1.807, 2.05) is 6.07 Å². The first-order valence-corrected chi connectivity index (χ1v) is 8.22. The van der Waals surface area contributed by atoms with Crippen LogP contribution in [0, 0.1) is 0 Å². The maximum Gasteiger partial charge on any atom is 0.270 e. The van der Waals surface area contributed by atoms with Crippen molar-refractivity contribution in [3.05, 3.63) is 24.0 Å². The molecule has 2 N–H and O–H groups in total. The van der Waals surface area contributed by atoms with E-state index in [0.29, 0.717) is 5.69 Å². The molecule has 1 atom stereocenters. The molecule has 0 bridgehead atoms. The van der Waals surface area contributed by atoms with Crippen molar-refractivity contribution in [3.8, 4) is 0 Å². The monoisotopic (exact) mass is 291 g/mol. The lowest BCUT2D eigenvalue weighted by Gasteiger charge is -2.17. The maximum atomic E-state index is 12.2. The molecule has 1 aromatic rings. The van der Waals surface area contributed by atoms with Crippen LogP contribution in [0.25, 0.3) is 0 Å². The first kappa shape index (κ1) is 17.5. The summed E-state index contributed by atoms with van der Waals surface area (Å²) < 4.78 is 0. The highest BCUT2D eigenvalue weighted by molar-refractivity contribution is 5.92. The van der Waals surface area contributed by atoms with E-state index < -0.39 is 0 Å². The minimum Gasteiger partial charge on any atom is -0.384 e. The molecule has 4 nitrogen and oxygen atoms in total. The summed E-state index contributed by atoms with van der Waals surface area (Å²) in [6, 6.07) is 3.97. The van der Waals surface area contributed by atoms with Crippen LogP contribution in [0.2, 0.25) is 0 Å². The van der Waals surface area contributed by atoms with Gasteiger partial charge in [0.1, 0.15) is 5.69 Å². The van der Waals surface area contributed by atoms with Gasteiger partial charge in [-0.15, -0.1) is 0 Å². The molecule has 0 radical (unpaired) electrons. The van der Waals surface area contributed by atoms with Gasteiger partial charge in [0.2, 0.25) is 0 Å². The third-order valence-electron chi connectivity index (χ3n) is 3.45. The lowest BCUT2D eigenvalue weighted by Crippen LogP contribution is -2.35. The van der Waals surface area contributed by atoms with Gasteiger partial charge < -0.3 is 10.6 Å². The Hall–Kier alpha value is -1.58. The van der Waals surface area contributed by atoms with Crippen LogP contribution in [0.1, 0.15) is 69.8 Å². The van der Waals surface area contributed by atoms with Crippen molar-refractivity contribution in [2.45, 2.75) is 65.3 Å². The van der Waals surface area contributed by atoms with Crippen molar-refractivity contribution in [2.75, 3.05) is 11.9 Å². The molecule has 0 fully saturated rings. The van der Waals surface area contributed by atoms with Crippen molar-refractivity contribution in [3.63, 3.8) is 0 Å². The summed E-state index contributed by atoms with van der Waals surface area (Å²) in [4.78, 5) is 16.5. The molecular weight excluding hydrogens is 262 g/mol. The average Bonchev–Trinajstić information content (AvgIpc) is 2.51. The van der Waals surface area contributed by atoms with Gasteiger partial charge in [-0.3, -0.25) is 4.79 Å². The summed E-state index contributed by atoms with van der Waals surface area (Å²) in [5, 5.41) is 6.37. The van der Waals surface area contributed by atoms with Crippen LogP contribution in [-0.4, -0.2) is 23.5 Å². The summed E-state index contributed by atoms with van der Waals surface area (Å²) in [6.45, 7) is 7.36. The molecule has 0 saturated carbocycles. The molecule has 0 aliphatic carbocycles. The minimum absolute atomic E-state index is 0.0633. The van der Waals surface area contributed by atoms with Crippen LogP contribution >= 0.6 is 0 Å². The van der Waals surface area contributed by atoms with Crippen molar-refractivity contribution < 1.29 is 4.79 Å². The van der Waals surface area contributed by atoms with Crippen LogP contribution in [0.15, 0.2) is 18.3 Å². The number of aromatic nitrogens is 1. The number of pyridine rings is 1. The zero-order chi connectivity index (χ0) is 15.5. The highest BCUT2D eigenvalue weighted by Gasteiger charge is 2.13. The van der Waals surface area contributed by atoms with E-state index in [-0.39, 0.29) is 11.9 Å². The van der Waals surface area contributed by atoms with Crippen LogP contribution in [-0.2, 0) is 0 Å². The Bertz CT molecular complexity index is 403. The molecule has 1 aromatic heterocycles. The second-order valence-corrected chi connectivity index (χ2v) is 5.46. The fourth-order valence-corrected chi connectivity index (χ4v) is 2.25. The quantitative estimate of drug-likeness (QED) is 0.685. The molecule has 0 spiro atoms. The molecule has 21 heavy (non-hydrogen) atoms. The second kappa shape index (κ2) is 10.2. The molecule has 1 amide bonds. The van der Waals surface area contributed by atoms with E-state index in [2.05, 4.69) is 36.4 Å². The maximum absolute atomic E-state index is 12.2. The first-order valence-electron chi connectivity index (χ1n) is 8.22. The smallest absolute Gasteiger partial charge is 0.270 e.